The molecule has 0 radical (unpaired) electrons. The van der Waals surface area contributed by atoms with E-state index < -0.39 is 83.2 Å². The lowest BCUT2D eigenvalue weighted by atomic mass is 9.92. The number of hydrogen-bond acceptors (Lipinski definition) is 11. The number of esters is 1. The Kier molecular flexibility index (Phi) is 13.9. The van der Waals surface area contributed by atoms with Crippen LogP contribution in [0.15, 0.2) is 61.1 Å². The highest BCUT2D eigenvalue weighted by Crippen LogP contribution is 2.32. The number of nitrogens with two attached hydrogens (primary N) is 1. The Morgan fingerprint density at radius 2 is 1.60 bits per heavy atom. The molecule has 310 valence electrons. The Labute approximate surface area is 334 Å². The van der Waals surface area contributed by atoms with Crippen LogP contribution in [0.4, 0.5) is 0 Å². The molecule has 1 saturated heterocycles. The number of phenols is 1. The lowest BCUT2D eigenvalue weighted by molar-refractivity contribution is -0.149. The number of ether oxygens (including phenoxy) is 1. The average Bonchev–Trinajstić information content (AvgIpc) is 3.80. The standard InChI is InChI=1S/C40H50N8O10/c1-40(2)18-25(39(57)58-40)16-33(51)45-28(12-13-32(50)37(55)42-3)35(53)46-29(17-26-19-43-21-44-26)36(54)47-30(14-22-8-10-27(49)11-9-22)38(56)48-20-24-7-5-4-6-23(24)15-31(48)34(41)52/h4-11,19,21,25,28-32,49-50H,12-18,20H2,1-3H3,(H2,41,52)(H,42,55)(H,43,44)(H,45,51)(H,46,53)(H,47,54)/t25?,28-,29-,30-,31-,32?/m0/s1. The zero-order chi connectivity index (χ0) is 42.1. The number of likely N-dealkylation sites (N-methyl/N-ethyl adjacent to an activating group) is 1. The number of hydrogen-bond donors (Lipinski definition) is 8. The molecule has 9 N–H and O–H groups in total. The van der Waals surface area contributed by atoms with Gasteiger partial charge in [-0.25, -0.2) is 4.98 Å². The van der Waals surface area contributed by atoms with Gasteiger partial charge in [-0.15, -0.1) is 0 Å². The molecule has 1 fully saturated rings. The number of aromatic amines is 1. The van der Waals surface area contributed by atoms with Gasteiger partial charge < -0.3 is 51.8 Å². The van der Waals surface area contributed by atoms with Crippen LogP contribution in [0.1, 0.15) is 61.9 Å². The van der Waals surface area contributed by atoms with Crippen molar-refractivity contribution in [3.8, 4) is 5.75 Å². The van der Waals surface area contributed by atoms with Gasteiger partial charge in [0.1, 0.15) is 41.6 Å². The molecular weight excluding hydrogens is 752 g/mol. The van der Waals surface area contributed by atoms with Gasteiger partial charge in [-0.1, -0.05) is 36.4 Å². The summed E-state index contributed by atoms with van der Waals surface area (Å²) in [5, 5.41) is 30.6. The lowest BCUT2D eigenvalue weighted by Crippen LogP contribution is -2.60. The molecule has 0 spiro atoms. The van der Waals surface area contributed by atoms with Gasteiger partial charge in [-0.2, -0.15) is 0 Å². The van der Waals surface area contributed by atoms with Gasteiger partial charge in [0, 0.05) is 51.9 Å². The highest BCUT2D eigenvalue weighted by molar-refractivity contribution is 5.96. The monoisotopic (exact) mass is 802 g/mol. The van der Waals surface area contributed by atoms with Crippen molar-refractivity contribution < 1.29 is 48.5 Å². The van der Waals surface area contributed by atoms with E-state index >= 15 is 0 Å². The van der Waals surface area contributed by atoms with Crippen LogP contribution in [0.25, 0.3) is 0 Å². The van der Waals surface area contributed by atoms with Crippen molar-refractivity contribution in [1.29, 1.82) is 0 Å². The van der Waals surface area contributed by atoms with Crippen molar-refractivity contribution in [1.82, 2.24) is 36.1 Å². The second-order valence-electron chi connectivity index (χ2n) is 15.2. The molecule has 5 rings (SSSR count). The SMILES string of the molecule is CNC(=O)C(O)CC[C@H](NC(=O)CC1CC(C)(C)OC1=O)C(=O)N[C@@H](Cc1c[nH]cn1)C(=O)N[C@@H](Cc1ccc(O)cc1)C(=O)N1Cc2ccccc2C[C@H]1C(N)=O. The molecule has 3 aromatic rings. The summed E-state index contributed by atoms with van der Waals surface area (Å²) < 4.78 is 5.33. The molecule has 3 heterocycles. The number of aromatic hydroxyl groups is 1. The minimum Gasteiger partial charge on any atom is -0.508 e. The molecule has 58 heavy (non-hydrogen) atoms. The lowest BCUT2D eigenvalue weighted by Gasteiger charge is -2.37. The van der Waals surface area contributed by atoms with Crippen LogP contribution in [0.5, 0.6) is 5.75 Å². The molecule has 6 amide bonds. The number of cyclic esters (lactones) is 1. The molecule has 6 atom stereocenters. The number of carbonyl (C=O) groups is 7. The van der Waals surface area contributed by atoms with Crippen molar-refractivity contribution in [2.75, 3.05) is 7.05 Å². The summed E-state index contributed by atoms with van der Waals surface area (Å²) in [5.41, 5.74) is 7.60. The van der Waals surface area contributed by atoms with E-state index in [9.17, 15) is 43.8 Å². The normalized spacial score (nSPS) is 19.0. The number of carbonyl (C=O) groups excluding carboxylic acids is 7. The molecule has 0 saturated carbocycles. The maximum absolute atomic E-state index is 14.5. The number of benzene rings is 2. The third-order valence-electron chi connectivity index (χ3n) is 10.3. The maximum atomic E-state index is 14.5. The van der Waals surface area contributed by atoms with E-state index in [4.69, 9.17) is 10.5 Å². The predicted molar refractivity (Wildman–Crippen MR) is 206 cm³/mol. The Hall–Kier alpha value is -6.30. The van der Waals surface area contributed by atoms with Gasteiger partial charge in [-0.05, 0) is 55.5 Å². The fourth-order valence-corrected chi connectivity index (χ4v) is 7.24. The Morgan fingerprint density at radius 1 is 0.931 bits per heavy atom. The van der Waals surface area contributed by atoms with Crippen molar-refractivity contribution >= 4 is 41.4 Å². The number of rotatable bonds is 17. The highest BCUT2D eigenvalue weighted by atomic mass is 16.6. The number of primary amides is 1. The van der Waals surface area contributed by atoms with Crippen LogP contribution < -0.4 is 27.0 Å². The van der Waals surface area contributed by atoms with Crippen LogP contribution in [0.2, 0.25) is 0 Å². The fraction of sp³-hybridized carbons (Fsp3) is 0.450. The summed E-state index contributed by atoms with van der Waals surface area (Å²) in [6, 6.07) is 8.23. The molecule has 0 bridgehead atoms. The molecule has 18 nitrogen and oxygen atoms in total. The number of imidazole rings is 1. The van der Waals surface area contributed by atoms with Crippen LogP contribution in [0.3, 0.4) is 0 Å². The number of aliphatic hydroxyl groups is 1. The third kappa shape index (κ3) is 11.2. The smallest absolute Gasteiger partial charge is 0.310 e. The minimum atomic E-state index is -1.52. The Balaban J connectivity index is 1.41. The topological polar surface area (TPSA) is 275 Å². The maximum Gasteiger partial charge on any atom is 0.310 e. The average molecular weight is 803 g/mol. The van der Waals surface area contributed by atoms with Crippen LogP contribution >= 0.6 is 0 Å². The molecule has 2 aliphatic heterocycles. The van der Waals surface area contributed by atoms with Gasteiger partial charge in [-0.3, -0.25) is 33.6 Å². The van der Waals surface area contributed by atoms with Crippen LogP contribution in [-0.4, -0.2) is 109 Å². The van der Waals surface area contributed by atoms with Crippen molar-refractivity contribution in [2.24, 2.45) is 11.7 Å². The quantitative estimate of drug-likeness (QED) is 0.0800. The van der Waals surface area contributed by atoms with Crippen molar-refractivity contribution in [3.63, 3.8) is 0 Å². The molecule has 2 unspecified atom stereocenters. The first-order valence-corrected chi connectivity index (χ1v) is 19.0. The van der Waals surface area contributed by atoms with E-state index in [2.05, 4.69) is 31.2 Å². The zero-order valence-corrected chi connectivity index (χ0v) is 32.5. The van der Waals surface area contributed by atoms with Gasteiger partial charge in [0.05, 0.1) is 17.9 Å². The highest BCUT2D eigenvalue weighted by Gasteiger charge is 2.42. The number of nitrogens with zero attached hydrogens (tertiary/aromatic N) is 2. The van der Waals surface area contributed by atoms with E-state index in [0.29, 0.717) is 11.3 Å². The fourth-order valence-electron chi connectivity index (χ4n) is 7.24. The third-order valence-corrected chi connectivity index (χ3v) is 10.3. The van der Waals surface area contributed by atoms with E-state index in [1.54, 1.807) is 26.0 Å². The van der Waals surface area contributed by atoms with Gasteiger partial charge in [0.15, 0.2) is 0 Å². The Morgan fingerprint density at radius 3 is 2.22 bits per heavy atom. The summed E-state index contributed by atoms with van der Waals surface area (Å²) in [6.45, 7) is 3.47. The molecular formula is C40H50N8O10. The largest absolute Gasteiger partial charge is 0.508 e. The predicted octanol–water partition coefficient (Wildman–Crippen LogP) is -0.587. The number of amides is 6. The van der Waals surface area contributed by atoms with Gasteiger partial charge in [0.2, 0.25) is 35.4 Å². The van der Waals surface area contributed by atoms with Gasteiger partial charge in [0.25, 0.3) is 0 Å². The first-order valence-electron chi connectivity index (χ1n) is 19.0. The summed E-state index contributed by atoms with van der Waals surface area (Å²) in [5.74, 6) is -5.74. The van der Waals surface area contributed by atoms with E-state index in [1.165, 1.54) is 36.6 Å². The van der Waals surface area contributed by atoms with E-state index in [0.717, 1.165) is 11.1 Å². The van der Waals surface area contributed by atoms with Crippen LogP contribution in [-0.2, 0) is 64.1 Å². The second-order valence-corrected chi connectivity index (χ2v) is 15.2. The summed E-state index contributed by atoms with van der Waals surface area (Å²) in [4.78, 5) is 102. The summed E-state index contributed by atoms with van der Waals surface area (Å²) in [6.07, 6.45) is 0.753. The summed E-state index contributed by atoms with van der Waals surface area (Å²) >= 11 is 0. The zero-order valence-electron chi connectivity index (χ0n) is 32.5. The molecule has 2 aliphatic rings. The molecule has 0 aliphatic carbocycles. The van der Waals surface area contributed by atoms with E-state index in [-0.39, 0.29) is 57.2 Å². The molecule has 2 aromatic carbocycles. The molecule has 1 aromatic heterocycles. The number of fused-ring (bicyclic) bond motifs is 1. The second kappa shape index (κ2) is 18.8. The number of phenolic OH excluding ortho intramolecular Hbond substituents is 1. The first kappa shape index (κ1) is 42.8. The number of aliphatic hydroxyl groups excluding tert-OH is 1. The van der Waals surface area contributed by atoms with E-state index in [1.807, 2.05) is 24.3 Å². The van der Waals surface area contributed by atoms with Crippen molar-refractivity contribution in [2.45, 2.75) is 101 Å². The summed E-state index contributed by atoms with van der Waals surface area (Å²) in [7, 11) is 1.33. The minimum absolute atomic E-state index is 0.0182. The number of H-pyrrole nitrogens is 1. The molecule has 18 heteroatoms. The first-order chi connectivity index (χ1) is 27.5. The number of aromatic nitrogens is 2. The van der Waals surface area contributed by atoms with Crippen LogP contribution in [0, 0.1) is 5.92 Å². The Bertz CT molecular complexity index is 1990. The van der Waals surface area contributed by atoms with Crippen molar-refractivity contribution in [3.05, 3.63) is 83.4 Å². The number of nitrogens with one attached hydrogen (secondary N) is 5. The van der Waals surface area contributed by atoms with Gasteiger partial charge >= 0.3 is 5.97 Å².